The molecule has 114 valence electrons. The Hall–Kier alpha value is -2.47. The van der Waals surface area contributed by atoms with E-state index < -0.39 is 0 Å². The maximum Gasteiger partial charge on any atom is 0.257 e. The van der Waals surface area contributed by atoms with Crippen LogP contribution >= 0.6 is 0 Å². The molecule has 0 bridgehead atoms. The highest BCUT2D eigenvalue weighted by Gasteiger charge is 2.21. The summed E-state index contributed by atoms with van der Waals surface area (Å²) in [5.41, 5.74) is 4.09. The normalized spacial score (nSPS) is 18.0. The predicted molar refractivity (Wildman–Crippen MR) is 85.1 cm³/mol. The van der Waals surface area contributed by atoms with Crippen LogP contribution in [0.5, 0.6) is 5.75 Å². The molecule has 2 heterocycles. The number of hydrazone groups is 1. The first kappa shape index (κ1) is 14.5. The highest BCUT2D eigenvalue weighted by Crippen LogP contribution is 2.19. The van der Waals surface area contributed by atoms with Crippen LogP contribution in [0.3, 0.4) is 0 Å². The molecule has 1 fully saturated rings. The number of ether oxygens (including phenoxy) is 1. The molecule has 0 aliphatic carbocycles. The minimum Gasteiger partial charge on any atom is -0.497 e. The van der Waals surface area contributed by atoms with Crippen LogP contribution in [-0.4, -0.2) is 36.8 Å². The molecule has 0 unspecified atom stereocenters. The molecule has 1 saturated heterocycles. The molecule has 0 spiro atoms. The Morgan fingerprint density at radius 1 is 1.45 bits per heavy atom. The van der Waals surface area contributed by atoms with Gasteiger partial charge in [-0.05, 0) is 43.7 Å². The Kier molecular flexibility index (Phi) is 4.29. The summed E-state index contributed by atoms with van der Waals surface area (Å²) in [5, 5.41) is 8.10. The highest BCUT2D eigenvalue weighted by molar-refractivity contribution is 5.87. The molecule has 22 heavy (non-hydrogen) atoms. The van der Waals surface area contributed by atoms with Gasteiger partial charge >= 0.3 is 0 Å². The van der Waals surface area contributed by atoms with E-state index in [0.717, 1.165) is 36.0 Å². The minimum absolute atomic E-state index is 0.0979. The van der Waals surface area contributed by atoms with Gasteiger partial charge in [0.25, 0.3) is 5.91 Å². The third-order valence-electron chi connectivity index (χ3n) is 3.67. The van der Waals surface area contributed by atoms with E-state index in [1.165, 1.54) is 0 Å². The largest absolute Gasteiger partial charge is 0.497 e. The number of carbonyl (C=O) groups is 1. The first-order valence-corrected chi connectivity index (χ1v) is 7.27. The maximum atomic E-state index is 11.8. The Morgan fingerprint density at radius 2 is 2.36 bits per heavy atom. The first-order valence-electron chi connectivity index (χ1n) is 7.27. The van der Waals surface area contributed by atoms with Gasteiger partial charge in [0, 0.05) is 5.39 Å². The van der Waals surface area contributed by atoms with E-state index in [-0.39, 0.29) is 11.9 Å². The number of fused-ring (bicyclic) bond motifs is 1. The number of amides is 1. The molecule has 6 heteroatoms. The van der Waals surface area contributed by atoms with E-state index in [2.05, 4.69) is 20.8 Å². The van der Waals surface area contributed by atoms with Crippen molar-refractivity contribution >= 4 is 23.0 Å². The van der Waals surface area contributed by atoms with Gasteiger partial charge in [-0.1, -0.05) is 6.07 Å². The molecule has 2 N–H and O–H groups in total. The van der Waals surface area contributed by atoms with Crippen LogP contribution in [0.15, 0.2) is 35.4 Å². The second-order valence-electron chi connectivity index (χ2n) is 5.18. The summed E-state index contributed by atoms with van der Waals surface area (Å²) in [6, 6.07) is 9.36. The third kappa shape index (κ3) is 3.23. The third-order valence-corrected chi connectivity index (χ3v) is 3.67. The lowest BCUT2D eigenvalue weighted by Gasteiger charge is -2.06. The van der Waals surface area contributed by atoms with Crippen molar-refractivity contribution in [1.82, 2.24) is 15.7 Å². The van der Waals surface area contributed by atoms with Gasteiger partial charge in [-0.25, -0.2) is 10.4 Å². The molecule has 3 rings (SSSR count). The Balaban J connectivity index is 1.68. The number of pyridine rings is 1. The van der Waals surface area contributed by atoms with Crippen LogP contribution in [0, 0.1) is 0 Å². The molecule has 1 amide bonds. The van der Waals surface area contributed by atoms with E-state index in [4.69, 9.17) is 4.74 Å². The molecule has 1 aliphatic heterocycles. The molecule has 1 atom stereocenters. The summed E-state index contributed by atoms with van der Waals surface area (Å²) in [6.45, 7) is 0.886. The van der Waals surface area contributed by atoms with Crippen LogP contribution in [-0.2, 0) is 4.79 Å². The first-order chi connectivity index (χ1) is 10.8. The molecule has 1 aromatic heterocycles. The summed E-state index contributed by atoms with van der Waals surface area (Å²) in [6.07, 6.45) is 3.44. The molecule has 1 aliphatic rings. The topological polar surface area (TPSA) is 75.6 Å². The molecule has 2 aromatic rings. The lowest BCUT2D eigenvalue weighted by Crippen LogP contribution is -2.38. The molecule has 6 nitrogen and oxygen atoms in total. The van der Waals surface area contributed by atoms with Gasteiger partial charge in [0.1, 0.15) is 5.75 Å². The fraction of sp³-hybridized carbons (Fsp3) is 0.312. The van der Waals surface area contributed by atoms with E-state index >= 15 is 0 Å². The van der Waals surface area contributed by atoms with Gasteiger partial charge in [-0.15, -0.1) is 0 Å². The van der Waals surface area contributed by atoms with Crippen molar-refractivity contribution in [2.75, 3.05) is 13.7 Å². The number of benzene rings is 1. The van der Waals surface area contributed by atoms with Crippen molar-refractivity contribution in [2.24, 2.45) is 5.10 Å². The predicted octanol–water partition coefficient (Wildman–Crippen LogP) is 1.45. The Bertz CT molecular complexity index is 708. The van der Waals surface area contributed by atoms with Crippen molar-refractivity contribution in [3.05, 3.63) is 36.0 Å². The minimum atomic E-state index is -0.130. The van der Waals surface area contributed by atoms with Crippen LogP contribution in [0.4, 0.5) is 0 Å². The average Bonchev–Trinajstić information content (AvgIpc) is 3.08. The monoisotopic (exact) mass is 298 g/mol. The number of carbonyl (C=O) groups excluding carboxylic acids is 1. The maximum absolute atomic E-state index is 11.8. The zero-order valence-corrected chi connectivity index (χ0v) is 12.4. The van der Waals surface area contributed by atoms with Crippen LogP contribution < -0.4 is 15.5 Å². The SMILES string of the molecule is COc1ccc2nc(/C=N\NC(=O)[C@H]3CCCN3)ccc2c1. The summed E-state index contributed by atoms with van der Waals surface area (Å²) in [5.74, 6) is 0.700. The van der Waals surface area contributed by atoms with Crippen LogP contribution in [0.2, 0.25) is 0 Å². The van der Waals surface area contributed by atoms with Gasteiger partial charge in [0.15, 0.2) is 0 Å². The van der Waals surface area contributed by atoms with Crippen molar-refractivity contribution in [1.29, 1.82) is 0 Å². The van der Waals surface area contributed by atoms with Crippen molar-refractivity contribution in [2.45, 2.75) is 18.9 Å². The van der Waals surface area contributed by atoms with Crippen molar-refractivity contribution in [3.63, 3.8) is 0 Å². The van der Waals surface area contributed by atoms with E-state index in [1.54, 1.807) is 13.3 Å². The lowest BCUT2D eigenvalue weighted by molar-refractivity contribution is -0.122. The summed E-state index contributed by atoms with van der Waals surface area (Å²) in [4.78, 5) is 16.3. The van der Waals surface area contributed by atoms with Crippen LogP contribution in [0.1, 0.15) is 18.5 Å². The lowest BCUT2D eigenvalue weighted by atomic mass is 10.2. The number of rotatable bonds is 4. The average molecular weight is 298 g/mol. The van der Waals surface area contributed by atoms with Crippen molar-refractivity contribution in [3.8, 4) is 5.75 Å². The Morgan fingerprint density at radius 3 is 3.14 bits per heavy atom. The molecule has 1 aromatic carbocycles. The molecular formula is C16H18N4O2. The second-order valence-corrected chi connectivity index (χ2v) is 5.18. The smallest absolute Gasteiger partial charge is 0.257 e. The highest BCUT2D eigenvalue weighted by atomic mass is 16.5. The van der Waals surface area contributed by atoms with Gasteiger partial charge in [-0.3, -0.25) is 4.79 Å². The number of hydrogen-bond donors (Lipinski definition) is 2. The number of nitrogens with zero attached hydrogens (tertiary/aromatic N) is 2. The molecule has 0 saturated carbocycles. The van der Waals surface area contributed by atoms with Gasteiger partial charge < -0.3 is 10.1 Å². The molecule has 0 radical (unpaired) electrons. The summed E-state index contributed by atoms with van der Waals surface area (Å²) >= 11 is 0. The van der Waals surface area contributed by atoms with E-state index in [9.17, 15) is 4.79 Å². The fourth-order valence-electron chi connectivity index (χ4n) is 2.47. The van der Waals surface area contributed by atoms with E-state index in [1.807, 2.05) is 30.3 Å². The summed E-state index contributed by atoms with van der Waals surface area (Å²) in [7, 11) is 1.64. The fourth-order valence-corrected chi connectivity index (χ4v) is 2.47. The van der Waals surface area contributed by atoms with Crippen LogP contribution in [0.25, 0.3) is 10.9 Å². The zero-order chi connectivity index (χ0) is 15.4. The number of nitrogens with one attached hydrogen (secondary N) is 2. The number of hydrogen-bond acceptors (Lipinski definition) is 5. The second kappa shape index (κ2) is 6.53. The van der Waals surface area contributed by atoms with Crippen molar-refractivity contribution < 1.29 is 9.53 Å². The summed E-state index contributed by atoms with van der Waals surface area (Å²) < 4.78 is 5.18. The van der Waals surface area contributed by atoms with E-state index in [0.29, 0.717) is 5.69 Å². The standard InChI is InChI=1S/C16H18N4O2/c1-22-13-6-7-14-11(9-13)4-5-12(19-14)10-18-20-16(21)15-3-2-8-17-15/h4-7,9-10,15,17H,2-3,8H2,1H3,(H,20,21)/b18-10-/t15-/m1/s1. The zero-order valence-electron chi connectivity index (χ0n) is 12.4. The number of methoxy groups -OCH3 is 1. The van der Waals surface area contributed by atoms with Gasteiger partial charge in [0.05, 0.1) is 30.6 Å². The van der Waals surface area contributed by atoms with Gasteiger partial charge in [0.2, 0.25) is 0 Å². The van der Waals surface area contributed by atoms with Gasteiger partial charge in [-0.2, -0.15) is 5.10 Å². The number of aromatic nitrogens is 1. The quantitative estimate of drug-likeness (QED) is 0.661. The molecular weight excluding hydrogens is 280 g/mol. The Labute approximate surface area is 128 Å².